The maximum atomic E-state index is 12.3. The number of likely N-dealkylation sites (tertiary alicyclic amines) is 1. The van der Waals surface area contributed by atoms with Crippen molar-refractivity contribution >= 4 is 35.1 Å². The van der Waals surface area contributed by atoms with Crippen molar-refractivity contribution in [1.82, 2.24) is 15.1 Å². The maximum Gasteiger partial charge on any atom is 0.317 e. The van der Waals surface area contributed by atoms with Crippen molar-refractivity contribution in [2.24, 2.45) is 0 Å². The monoisotopic (exact) mass is 401 g/mol. The average molecular weight is 402 g/mol. The Kier molecular flexibility index (Phi) is 7.85. The lowest BCUT2D eigenvalue weighted by Gasteiger charge is -2.33. The second-order valence-electron chi connectivity index (χ2n) is 6.14. The van der Waals surface area contributed by atoms with Crippen molar-refractivity contribution < 1.29 is 14.3 Å². The van der Waals surface area contributed by atoms with Crippen molar-refractivity contribution in [3.63, 3.8) is 0 Å². The molecule has 0 bridgehead atoms. The van der Waals surface area contributed by atoms with Gasteiger partial charge in [0.1, 0.15) is 5.75 Å². The van der Waals surface area contributed by atoms with Gasteiger partial charge in [-0.3, -0.25) is 4.79 Å². The number of ether oxygens (including phenoxy) is 1. The van der Waals surface area contributed by atoms with E-state index in [2.05, 4.69) is 5.32 Å². The topological polar surface area (TPSA) is 61.9 Å². The number of rotatable bonds is 6. The van der Waals surface area contributed by atoms with E-state index < -0.39 is 0 Å². The molecule has 0 aromatic heterocycles. The molecule has 1 saturated heterocycles. The summed E-state index contributed by atoms with van der Waals surface area (Å²) in [4.78, 5) is 27.9. The van der Waals surface area contributed by atoms with E-state index >= 15 is 0 Å². The zero-order valence-corrected chi connectivity index (χ0v) is 16.6. The summed E-state index contributed by atoms with van der Waals surface area (Å²) in [6.07, 6.45) is 1.47. The number of hydrogen-bond donors (Lipinski definition) is 1. The zero-order valence-electron chi connectivity index (χ0n) is 15.1. The Hall–Kier alpha value is -1.66. The van der Waals surface area contributed by atoms with E-state index in [4.69, 9.17) is 27.9 Å². The molecular formula is C18H25Cl2N3O3. The number of hydrogen-bond acceptors (Lipinski definition) is 3. The summed E-state index contributed by atoms with van der Waals surface area (Å²) >= 11 is 11.9. The highest BCUT2D eigenvalue weighted by molar-refractivity contribution is 6.35. The van der Waals surface area contributed by atoms with E-state index in [-0.39, 0.29) is 24.6 Å². The van der Waals surface area contributed by atoms with Gasteiger partial charge in [-0.25, -0.2) is 4.79 Å². The molecule has 1 aromatic rings. The van der Waals surface area contributed by atoms with Crippen LogP contribution >= 0.6 is 23.2 Å². The van der Waals surface area contributed by atoms with Crippen LogP contribution in [0.15, 0.2) is 18.2 Å². The normalized spacial score (nSPS) is 14.8. The molecule has 1 aliphatic heterocycles. The molecule has 6 nitrogen and oxygen atoms in total. The van der Waals surface area contributed by atoms with Gasteiger partial charge in [-0.15, -0.1) is 0 Å². The molecular weight excluding hydrogens is 377 g/mol. The van der Waals surface area contributed by atoms with Gasteiger partial charge in [0, 0.05) is 37.2 Å². The lowest BCUT2D eigenvalue weighted by atomic mass is 10.1. The summed E-state index contributed by atoms with van der Waals surface area (Å²) in [6, 6.07) is 4.94. The fraction of sp³-hybridized carbons (Fsp3) is 0.556. The minimum absolute atomic E-state index is 0.0412. The number of piperidine rings is 1. The number of nitrogens with one attached hydrogen (secondary N) is 1. The van der Waals surface area contributed by atoms with Crippen LogP contribution in [0.2, 0.25) is 10.0 Å². The van der Waals surface area contributed by atoms with Crippen LogP contribution in [0.3, 0.4) is 0 Å². The predicted molar refractivity (Wildman–Crippen MR) is 103 cm³/mol. The highest BCUT2D eigenvalue weighted by Crippen LogP contribution is 2.27. The molecule has 0 unspecified atom stereocenters. The van der Waals surface area contributed by atoms with Crippen molar-refractivity contribution in [1.29, 1.82) is 0 Å². The summed E-state index contributed by atoms with van der Waals surface area (Å²) in [6.45, 7) is 6.40. The number of urea groups is 1. The fourth-order valence-corrected chi connectivity index (χ4v) is 3.34. The van der Waals surface area contributed by atoms with E-state index in [0.717, 1.165) is 12.8 Å². The Morgan fingerprint density at radius 3 is 2.46 bits per heavy atom. The number of nitrogens with zero attached hydrogens (tertiary/aromatic N) is 2. The third-order valence-electron chi connectivity index (χ3n) is 4.47. The van der Waals surface area contributed by atoms with Crippen LogP contribution in [0.5, 0.6) is 5.75 Å². The molecule has 1 heterocycles. The van der Waals surface area contributed by atoms with Crippen LogP contribution < -0.4 is 10.1 Å². The third-order valence-corrected chi connectivity index (χ3v) is 5.00. The van der Waals surface area contributed by atoms with Crippen LogP contribution in [-0.4, -0.2) is 60.6 Å². The number of halogens is 2. The van der Waals surface area contributed by atoms with Crippen molar-refractivity contribution in [3.8, 4) is 5.75 Å². The first-order valence-corrected chi connectivity index (χ1v) is 9.61. The molecule has 1 aromatic carbocycles. The average Bonchev–Trinajstić information content (AvgIpc) is 2.62. The van der Waals surface area contributed by atoms with Gasteiger partial charge in [0.25, 0.3) is 5.91 Å². The van der Waals surface area contributed by atoms with Gasteiger partial charge in [0.15, 0.2) is 6.61 Å². The van der Waals surface area contributed by atoms with Gasteiger partial charge >= 0.3 is 6.03 Å². The molecule has 1 aliphatic rings. The fourth-order valence-electron chi connectivity index (χ4n) is 2.87. The highest BCUT2D eigenvalue weighted by atomic mass is 35.5. The van der Waals surface area contributed by atoms with E-state index in [1.165, 1.54) is 0 Å². The molecule has 26 heavy (non-hydrogen) atoms. The Balaban J connectivity index is 1.76. The van der Waals surface area contributed by atoms with Gasteiger partial charge in [-0.1, -0.05) is 23.2 Å². The molecule has 3 amide bonds. The third kappa shape index (κ3) is 5.68. The van der Waals surface area contributed by atoms with Crippen LogP contribution in [0.25, 0.3) is 0 Å². The minimum Gasteiger partial charge on any atom is -0.482 e. The first kappa shape index (κ1) is 20.6. The molecule has 8 heteroatoms. The van der Waals surface area contributed by atoms with E-state index in [1.54, 1.807) is 28.0 Å². The number of benzene rings is 1. The molecule has 0 saturated carbocycles. The van der Waals surface area contributed by atoms with E-state index in [9.17, 15) is 9.59 Å². The lowest BCUT2D eigenvalue weighted by molar-refractivity contribution is -0.134. The number of carbonyl (C=O) groups excluding carboxylic acids is 2. The quantitative estimate of drug-likeness (QED) is 0.793. The maximum absolute atomic E-state index is 12.3. The Bertz CT molecular complexity index is 630. The smallest absolute Gasteiger partial charge is 0.317 e. The molecule has 0 atom stereocenters. The second kappa shape index (κ2) is 9.88. The molecule has 0 radical (unpaired) electrons. The van der Waals surface area contributed by atoms with Crippen LogP contribution in [0.1, 0.15) is 26.7 Å². The Morgan fingerprint density at radius 1 is 1.23 bits per heavy atom. The summed E-state index contributed by atoms with van der Waals surface area (Å²) < 4.78 is 5.50. The number of amides is 3. The second-order valence-corrected chi connectivity index (χ2v) is 6.98. The molecule has 2 rings (SSSR count). The molecule has 1 fully saturated rings. The summed E-state index contributed by atoms with van der Waals surface area (Å²) in [5.74, 6) is 0.343. The van der Waals surface area contributed by atoms with Gasteiger partial charge < -0.3 is 19.9 Å². The first-order valence-electron chi connectivity index (χ1n) is 8.85. The SMILES string of the molecule is CCN(CC)C(=O)NC1CCN(C(=O)COc2ccc(Cl)cc2Cl)CC1. The zero-order chi connectivity index (χ0) is 19.1. The van der Waals surface area contributed by atoms with Gasteiger partial charge in [0.2, 0.25) is 0 Å². The minimum atomic E-state index is -0.0930. The van der Waals surface area contributed by atoms with Crippen molar-refractivity contribution in [3.05, 3.63) is 28.2 Å². The van der Waals surface area contributed by atoms with Crippen LogP contribution in [0, 0.1) is 0 Å². The highest BCUT2D eigenvalue weighted by Gasteiger charge is 2.25. The lowest BCUT2D eigenvalue weighted by Crippen LogP contribution is -2.50. The molecule has 0 aliphatic carbocycles. The van der Waals surface area contributed by atoms with Gasteiger partial charge in [-0.2, -0.15) is 0 Å². The van der Waals surface area contributed by atoms with E-state index in [0.29, 0.717) is 42.0 Å². The molecule has 1 N–H and O–H groups in total. The predicted octanol–water partition coefficient (Wildman–Crippen LogP) is 3.41. The molecule has 144 valence electrons. The van der Waals surface area contributed by atoms with Gasteiger partial charge in [-0.05, 0) is 44.9 Å². The molecule has 0 spiro atoms. The summed E-state index contributed by atoms with van der Waals surface area (Å²) in [7, 11) is 0. The Morgan fingerprint density at radius 2 is 1.88 bits per heavy atom. The van der Waals surface area contributed by atoms with Crippen LogP contribution in [-0.2, 0) is 4.79 Å². The van der Waals surface area contributed by atoms with Crippen LogP contribution in [0.4, 0.5) is 4.79 Å². The largest absolute Gasteiger partial charge is 0.482 e. The van der Waals surface area contributed by atoms with Gasteiger partial charge in [0.05, 0.1) is 5.02 Å². The van der Waals surface area contributed by atoms with Crippen molar-refractivity contribution in [2.45, 2.75) is 32.7 Å². The Labute approximate surface area is 164 Å². The summed E-state index contributed by atoms with van der Waals surface area (Å²) in [5.41, 5.74) is 0. The standard InChI is InChI=1S/C18H25Cl2N3O3/c1-3-22(4-2)18(25)21-14-7-9-23(10-8-14)17(24)12-26-16-6-5-13(19)11-15(16)20/h5-6,11,14H,3-4,7-10,12H2,1-2H3,(H,21,25). The number of carbonyl (C=O) groups is 2. The van der Waals surface area contributed by atoms with E-state index in [1.807, 2.05) is 13.8 Å². The summed E-state index contributed by atoms with van der Waals surface area (Å²) in [5, 5.41) is 3.93. The first-order chi connectivity index (χ1) is 12.4. The van der Waals surface area contributed by atoms with Crippen molar-refractivity contribution in [2.75, 3.05) is 32.8 Å².